The fourth-order valence-corrected chi connectivity index (χ4v) is 2.10. The van der Waals surface area contributed by atoms with E-state index in [9.17, 15) is 8.42 Å². The monoisotopic (exact) mass is 336 g/mol. The summed E-state index contributed by atoms with van der Waals surface area (Å²) in [5.74, 6) is -0.182. The van der Waals surface area contributed by atoms with Crippen molar-refractivity contribution in [2.24, 2.45) is 10.9 Å². The van der Waals surface area contributed by atoms with Crippen molar-refractivity contribution in [3.05, 3.63) is 28.2 Å². The quantitative estimate of drug-likeness (QED) is 0.326. The van der Waals surface area contributed by atoms with E-state index in [1.54, 1.807) is 6.07 Å². The number of anilines is 1. The standard InChI is InChI=1S/C9H13BrN4O3S/c1-14(2)18(16,17)13-8-5-6(10)3-4-7(8)9(11)12-15/h3-5,13,15H,1-2H3,(H2,11,12). The molecule has 1 aromatic rings. The van der Waals surface area contributed by atoms with Crippen molar-refractivity contribution in [1.82, 2.24) is 4.31 Å². The van der Waals surface area contributed by atoms with Gasteiger partial charge in [-0.05, 0) is 18.2 Å². The van der Waals surface area contributed by atoms with Crippen LogP contribution < -0.4 is 10.5 Å². The minimum absolute atomic E-state index is 0.182. The van der Waals surface area contributed by atoms with Crippen LogP contribution in [0.1, 0.15) is 5.56 Å². The second kappa shape index (κ2) is 5.55. The van der Waals surface area contributed by atoms with Gasteiger partial charge in [-0.2, -0.15) is 12.7 Å². The number of oxime groups is 1. The summed E-state index contributed by atoms with van der Waals surface area (Å²) in [5, 5.41) is 11.5. The van der Waals surface area contributed by atoms with E-state index < -0.39 is 10.2 Å². The van der Waals surface area contributed by atoms with E-state index in [1.165, 1.54) is 26.2 Å². The molecule has 0 heterocycles. The number of benzene rings is 1. The van der Waals surface area contributed by atoms with Crippen molar-refractivity contribution in [2.45, 2.75) is 0 Å². The first kappa shape index (κ1) is 14.7. The van der Waals surface area contributed by atoms with Crippen molar-refractivity contribution in [1.29, 1.82) is 0 Å². The van der Waals surface area contributed by atoms with Crippen LogP contribution in [0.2, 0.25) is 0 Å². The fourth-order valence-electron chi connectivity index (χ4n) is 1.11. The highest BCUT2D eigenvalue weighted by atomic mass is 79.9. The Kier molecular flexibility index (Phi) is 4.54. The highest BCUT2D eigenvalue weighted by molar-refractivity contribution is 9.10. The average Bonchev–Trinajstić information content (AvgIpc) is 2.27. The summed E-state index contributed by atoms with van der Waals surface area (Å²) in [6, 6.07) is 4.71. The van der Waals surface area contributed by atoms with Gasteiger partial charge in [0, 0.05) is 24.1 Å². The lowest BCUT2D eigenvalue weighted by molar-refractivity contribution is 0.318. The molecule has 0 aliphatic rings. The van der Waals surface area contributed by atoms with Gasteiger partial charge in [0.15, 0.2) is 5.84 Å². The van der Waals surface area contributed by atoms with Crippen LogP contribution in [-0.2, 0) is 10.2 Å². The lowest BCUT2D eigenvalue weighted by Gasteiger charge is -2.16. The lowest BCUT2D eigenvalue weighted by atomic mass is 10.2. The van der Waals surface area contributed by atoms with Crippen molar-refractivity contribution in [3.63, 3.8) is 0 Å². The molecule has 100 valence electrons. The maximum absolute atomic E-state index is 11.7. The molecule has 0 aliphatic heterocycles. The van der Waals surface area contributed by atoms with Crippen molar-refractivity contribution in [2.75, 3.05) is 18.8 Å². The predicted octanol–water partition coefficient (Wildman–Crippen LogP) is 0.762. The summed E-state index contributed by atoms with van der Waals surface area (Å²) in [4.78, 5) is 0. The third-order valence-electron chi connectivity index (χ3n) is 2.08. The Hall–Kier alpha value is -1.32. The van der Waals surface area contributed by atoms with Gasteiger partial charge in [-0.3, -0.25) is 4.72 Å². The highest BCUT2D eigenvalue weighted by Crippen LogP contribution is 2.22. The van der Waals surface area contributed by atoms with E-state index in [0.717, 1.165) is 4.31 Å². The Balaban J connectivity index is 3.27. The third-order valence-corrected chi connectivity index (χ3v) is 4.02. The molecule has 0 atom stereocenters. The zero-order valence-corrected chi connectivity index (χ0v) is 12.2. The van der Waals surface area contributed by atoms with Crippen LogP contribution in [0.5, 0.6) is 0 Å². The Morgan fingerprint density at radius 3 is 2.61 bits per heavy atom. The molecule has 4 N–H and O–H groups in total. The molecule has 0 fully saturated rings. The largest absolute Gasteiger partial charge is 0.409 e. The molecule has 0 aromatic heterocycles. The molecule has 0 radical (unpaired) electrons. The smallest absolute Gasteiger partial charge is 0.301 e. The van der Waals surface area contributed by atoms with E-state index in [0.29, 0.717) is 4.47 Å². The van der Waals surface area contributed by atoms with Gasteiger partial charge in [-0.25, -0.2) is 0 Å². The first-order valence-electron chi connectivity index (χ1n) is 4.75. The number of halogens is 1. The van der Waals surface area contributed by atoms with Crippen molar-refractivity contribution >= 4 is 37.7 Å². The molecule has 9 heteroatoms. The molecule has 0 spiro atoms. The molecule has 0 bridgehead atoms. The van der Waals surface area contributed by atoms with Gasteiger partial charge in [0.1, 0.15) is 0 Å². The summed E-state index contributed by atoms with van der Waals surface area (Å²) < 4.78 is 27.5. The Labute approximate surface area is 114 Å². The van der Waals surface area contributed by atoms with Crippen LogP contribution in [0.25, 0.3) is 0 Å². The van der Waals surface area contributed by atoms with Crippen LogP contribution in [0.15, 0.2) is 27.8 Å². The normalized spacial score (nSPS) is 12.8. The SMILES string of the molecule is CN(C)S(=O)(=O)Nc1cc(Br)ccc1/C(N)=N/O. The average molecular weight is 337 g/mol. The van der Waals surface area contributed by atoms with Crippen LogP contribution in [0, 0.1) is 0 Å². The zero-order chi connectivity index (χ0) is 13.9. The van der Waals surface area contributed by atoms with Gasteiger partial charge < -0.3 is 10.9 Å². The number of hydrogen-bond acceptors (Lipinski definition) is 4. The number of hydrogen-bond donors (Lipinski definition) is 3. The molecule has 0 unspecified atom stereocenters. The Morgan fingerprint density at radius 1 is 1.50 bits per heavy atom. The van der Waals surface area contributed by atoms with E-state index in [1.807, 2.05) is 0 Å². The van der Waals surface area contributed by atoms with Crippen molar-refractivity contribution < 1.29 is 13.6 Å². The summed E-state index contributed by atoms with van der Waals surface area (Å²) in [5.41, 5.74) is 5.98. The number of nitrogens with zero attached hydrogens (tertiary/aromatic N) is 2. The van der Waals surface area contributed by atoms with Gasteiger partial charge in [0.2, 0.25) is 0 Å². The highest BCUT2D eigenvalue weighted by Gasteiger charge is 2.17. The number of amidine groups is 1. The van der Waals surface area contributed by atoms with Gasteiger partial charge in [0.25, 0.3) is 0 Å². The minimum Gasteiger partial charge on any atom is -0.409 e. The molecule has 0 saturated carbocycles. The van der Waals surface area contributed by atoms with E-state index in [-0.39, 0.29) is 17.1 Å². The van der Waals surface area contributed by atoms with Gasteiger partial charge in [-0.1, -0.05) is 21.1 Å². The lowest BCUT2D eigenvalue weighted by Crippen LogP contribution is -2.30. The van der Waals surface area contributed by atoms with Gasteiger partial charge in [-0.15, -0.1) is 0 Å². The number of nitrogens with one attached hydrogen (secondary N) is 1. The van der Waals surface area contributed by atoms with Crippen molar-refractivity contribution in [3.8, 4) is 0 Å². The summed E-state index contributed by atoms with van der Waals surface area (Å²) in [6.45, 7) is 0. The molecule has 0 aliphatic carbocycles. The minimum atomic E-state index is -3.66. The molecule has 1 aromatic carbocycles. The van der Waals surface area contributed by atoms with Crippen LogP contribution in [0.3, 0.4) is 0 Å². The summed E-state index contributed by atoms with van der Waals surface area (Å²) in [6.07, 6.45) is 0. The summed E-state index contributed by atoms with van der Waals surface area (Å²) in [7, 11) is -0.877. The second-order valence-electron chi connectivity index (χ2n) is 3.56. The maximum atomic E-state index is 11.7. The molecular weight excluding hydrogens is 324 g/mol. The van der Waals surface area contributed by atoms with E-state index in [2.05, 4.69) is 25.8 Å². The topological polar surface area (TPSA) is 108 Å². The van der Waals surface area contributed by atoms with Crippen LogP contribution >= 0.6 is 15.9 Å². The molecule has 0 saturated heterocycles. The molecule has 7 nitrogen and oxygen atoms in total. The van der Waals surface area contributed by atoms with Gasteiger partial charge in [0.05, 0.1) is 5.69 Å². The zero-order valence-electron chi connectivity index (χ0n) is 9.75. The molecule has 18 heavy (non-hydrogen) atoms. The fraction of sp³-hybridized carbons (Fsp3) is 0.222. The second-order valence-corrected chi connectivity index (χ2v) is 6.36. The first-order valence-corrected chi connectivity index (χ1v) is 6.99. The van der Waals surface area contributed by atoms with E-state index >= 15 is 0 Å². The Morgan fingerprint density at radius 2 is 2.11 bits per heavy atom. The molecule has 0 amide bonds. The number of nitrogens with two attached hydrogens (primary N) is 1. The van der Waals surface area contributed by atoms with E-state index in [4.69, 9.17) is 10.9 Å². The van der Waals surface area contributed by atoms with Crippen LogP contribution in [-0.4, -0.2) is 37.9 Å². The molecule has 1 rings (SSSR count). The summed E-state index contributed by atoms with van der Waals surface area (Å²) >= 11 is 3.22. The predicted molar refractivity (Wildman–Crippen MR) is 72.9 cm³/mol. The van der Waals surface area contributed by atoms with Crippen LogP contribution in [0.4, 0.5) is 5.69 Å². The number of rotatable bonds is 4. The first-order chi connectivity index (χ1) is 8.27. The maximum Gasteiger partial charge on any atom is 0.301 e. The molecular formula is C9H13BrN4O3S. The Bertz CT molecular complexity index is 571. The third kappa shape index (κ3) is 3.34. The van der Waals surface area contributed by atoms with Gasteiger partial charge >= 0.3 is 10.2 Å².